The van der Waals surface area contributed by atoms with Gasteiger partial charge in [-0.05, 0) is 0 Å². The molecule has 48 heavy (non-hydrogen) atoms. The van der Waals surface area contributed by atoms with E-state index < -0.39 is 29.6 Å². The zero-order valence-corrected chi connectivity index (χ0v) is 36.7. The van der Waals surface area contributed by atoms with Crippen molar-refractivity contribution in [3.63, 3.8) is 0 Å². The molecule has 5 heteroatoms. The third kappa shape index (κ3) is 5.92. The van der Waals surface area contributed by atoms with Gasteiger partial charge in [0, 0.05) is 0 Å². The third-order valence-corrected chi connectivity index (χ3v) is 65.7. The first-order valence-corrected chi connectivity index (χ1v) is 37.8. The maximum absolute atomic E-state index is 8.67. The Kier molecular flexibility index (Phi) is 9.84. The van der Waals surface area contributed by atoms with Crippen molar-refractivity contribution in [1.82, 2.24) is 0 Å². The Hall–Kier alpha value is -1.74. The molecule has 0 N–H and O–H groups in total. The fraction of sp³-hybridized carbons (Fsp3) is 0.349. The summed E-state index contributed by atoms with van der Waals surface area (Å²) in [4.78, 5) is 0. The van der Waals surface area contributed by atoms with Gasteiger partial charge in [-0.2, -0.15) is 0 Å². The number of fused-ring (bicyclic) bond motifs is 2. The van der Waals surface area contributed by atoms with Gasteiger partial charge in [0.25, 0.3) is 0 Å². The fourth-order valence-corrected chi connectivity index (χ4v) is 41.8. The molecule has 2 aliphatic carbocycles. The van der Waals surface area contributed by atoms with E-state index in [9.17, 15) is 0 Å². The molecule has 6 rings (SSSR count). The molecule has 4 aromatic carbocycles. The topological polar surface area (TPSA) is 0 Å². The predicted molar refractivity (Wildman–Crippen MR) is 218 cm³/mol. The van der Waals surface area contributed by atoms with Gasteiger partial charge >= 0.3 is 303 Å². The molecule has 0 saturated heterocycles. The second-order valence-corrected chi connectivity index (χ2v) is 63.9. The molecule has 0 fully saturated rings. The predicted octanol–water partition coefficient (Wildman–Crippen LogP) is 13.3. The van der Waals surface area contributed by atoms with Crippen molar-refractivity contribution in [3.05, 3.63) is 124 Å². The van der Waals surface area contributed by atoms with Crippen molar-refractivity contribution in [2.75, 3.05) is 0 Å². The van der Waals surface area contributed by atoms with Gasteiger partial charge in [0.1, 0.15) is 0 Å². The van der Waals surface area contributed by atoms with Crippen LogP contribution >= 0.6 is 17.0 Å². The Morgan fingerprint density at radius 1 is 0.708 bits per heavy atom. The molecule has 2 aliphatic rings. The molecule has 0 spiro atoms. The Balaban J connectivity index is 1.53. The molecule has 0 nitrogen and oxygen atoms in total. The van der Waals surface area contributed by atoms with E-state index in [1.54, 1.807) is 0 Å². The van der Waals surface area contributed by atoms with Gasteiger partial charge in [-0.25, -0.2) is 0 Å². The number of halogens is 2. The summed E-state index contributed by atoms with van der Waals surface area (Å²) in [5.74, 6) is -0.718. The van der Waals surface area contributed by atoms with Gasteiger partial charge in [0.2, 0.25) is 0 Å². The summed E-state index contributed by atoms with van der Waals surface area (Å²) in [6.45, 7) is 23.7. The van der Waals surface area contributed by atoms with E-state index in [2.05, 4.69) is 164 Å². The first-order chi connectivity index (χ1) is 22.6. The molecule has 3 atom stereocenters. The Morgan fingerprint density at radius 3 is 1.69 bits per heavy atom. The first-order valence-electron chi connectivity index (χ1n) is 18.0. The molecule has 0 aromatic heterocycles. The van der Waals surface area contributed by atoms with Gasteiger partial charge in [-0.1, -0.05) is 0 Å². The number of hydrogen-bond donors (Lipinski definition) is 0. The van der Waals surface area contributed by atoms with Crippen molar-refractivity contribution in [3.8, 4) is 22.3 Å². The number of rotatable bonds is 9. The van der Waals surface area contributed by atoms with Crippen LogP contribution in [0.2, 0.25) is 32.7 Å². The summed E-state index contributed by atoms with van der Waals surface area (Å²) >= 11 is -4.82. The van der Waals surface area contributed by atoms with Crippen molar-refractivity contribution in [2.24, 2.45) is 5.92 Å². The second-order valence-electron chi connectivity index (χ2n) is 16.3. The van der Waals surface area contributed by atoms with Gasteiger partial charge < -0.3 is 0 Å². The van der Waals surface area contributed by atoms with Crippen LogP contribution in [-0.2, 0) is 15.6 Å². The minimum atomic E-state index is -4.82. The minimum absolute atomic E-state index is 0.0926. The molecule has 0 heterocycles. The van der Waals surface area contributed by atoms with E-state index in [0.717, 1.165) is 6.42 Å². The van der Waals surface area contributed by atoms with Crippen LogP contribution in [0.1, 0.15) is 82.0 Å². The Bertz CT molecular complexity index is 1910. The summed E-state index contributed by atoms with van der Waals surface area (Å²) in [5, 5.41) is 1.49. The molecular formula is C43H53Cl2Si2Zr. The van der Waals surface area contributed by atoms with Gasteiger partial charge in [0.05, 0.1) is 0 Å². The van der Waals surface area contributed by atoms with Crippen LogP contribution in [0.3, 0.4) is 0 Å². The molecule has 0 radical (unpaired) electrons. The number of benzene rings is 4. The van der Waals surface area contributed by atoms with E-state index in [1.807, 2.05) is 0 Å². The molecule has 0 bridgehead atoms. The van der Waals surface area contributed by atoms with Crippen LogP contribution < -0.4 is 5.19 Å². The van der Waals surface area contributed by atoms with Crippen LogP contribution in [0.25, 0.3) is 34.4 Å². The average Bonchev–Trinajstić information content (AvgIpc) is 3.63. The first kappa shape index (κ1) is 36.1. The summed E-state index contributed by atoms with van der Waals surface area (Å²) < 4.78 is 0.190. The fourth-order valence-electron chi connectivity index (χ4n) is 8.52. The second kappa shape index (κ2) is 13.1. The Morgan fingerprint density at radius 2 is 1.21 bits per heavy atom. The monoisotopic (exact) mass is 785 g/mol. The van der Waals surface area contributed by atoms with Crippen LogP contribution in [0.15, 0.2) is 96.1 Å². The standard InChI is InChI=1S/C22H25.C19H21Si.C2H7Si.2ClH.Zr/c1-5-16(4)20-13-19-7-6-8-21(22(19)14-20)18-11-9-17(10-12-18)15(2)3;1-14-12-16-6-5-7-18(19(16)13-14)15-8-10-17(11-9-15)20(2,3)4;1-3-2;;;/h6-16H,5H2,1-4H3;5-13H,1-4H3;3H,1-2H3;2*1H;/q;;;;;+2/p-2. The molecule has 0 amide bonds. The van der Waals surface area contributed by atoms with Crippen LogP contribution in [0.5, 0.6) is 0 Å². The van der Waals surface area contributed by atoms with E-state index >= 15 is 0 Å². The zero-order valence-electron chi connectivity index (χ0n) is 30.6. The molecule has 0 aliphatic heterocycles. The van der Waals surface area contributed by atoms with E-state index in [1.165, 1.54) is 66.4 Å². The van der Waals surface area contributed by atoms with Crippen molar-refractivity contribution in [1.29, 1.82) is 0 Å². The average molecular weight is 788 g/mol. The van der Waals surface area contributed by atoms with Gasteiger partial charge in [-0.15, -0.1) is 0 Å². The zero-order chi connectivity index (χ0) is 34.8. The molecule has 4 aromatic rings. The SMILES string of the molecule is CCC(C)C1=Cc2c(-c3ccc(C(C)C)cc3)cccc2[CH]1[Zr]([Cl])([Cl])([CH]1C(C)=Cc2c(-c3ccc([Si](C)(C)C)cc3)cccc21)[SiH](C)C. The number of allylic oxidation sites excluding steroid dienone is 2. The summed E-state index contributed by atoms with van der Waals surface area (Å²) in [6.07, 6.45) is 6.02. The molecular weight excluding hydrogens is 735 g/mol. The third-order valence-electron chi connectivity index (χ3n) is 11.7. The Labute approximate surface area is 300 Å². The van der Waals surface area contributed by atoms with Crippen LogP contribution in [-0.4, -0.2) is 14.0 Å². The van der Waals surface area contributed by atoms with E-state index in [0.29, 0.717) is 11.8 Å². The van der Waals surface area contributed by atoms with Crippen LogP contribution in [0.4, 0.5) is 0 Å². The molecule has 3 unspecified atom stereocenters. The normalized spacial score (nSPS) is 19.1. The maximum atomic E-state index is 8.67. The van der Waals surface area contributed by atoms with Crippen molar-refractivity contribution in [2.45, 2.75) is 86.9 Å². The molecule has 251 valence electrons. The van der Waals surface area contributed by atoms with Gasteiger partial charge in [0.15, 0.2) is 0 Å². The molecule has 0 saturated carbocycles. The van der Waals surface area contributed by atoms with Crippen LogP contribution in [0, 0.1) is 5.92 Å². The van der Waals surface area contributed by atoms with Crippen molar-refractivity contribution < 1.29 is 15.6 Å². The van der Waals surface area contributed by atoms with E-state index in [-0.39, 0.29) is 7.25 Å². The number of hydrogen-bond acceptors (Lipinski definition) is 0. The van der Waals surface area contributed by atoms with Crippen molar-refractivity contribution >= 4 is 48.4 Å². The summed E-state index contributed by atoms with van der Waals surface area (Å²) in [6, 6.07) is 32.3. The summed E-state index contributed by atoms with van der Waals surface area (Å²) in [5.41, 5.74) is 14.7. The summed E-state index contributed by atoms with van der Waals surface area (Å²) in [7, 11) is 16.0. The van der Waals surface area contributed by atoms with E-state index in [4.69, 9.17) is 17.0 Å². The van der Waals surface area contributed by atoms with Gasteiger partial charge in [-0.3, -0.25) is 0 Å². The quantitative estimate of drug-likeness (QED) is 0.148.